The SMILES string of the molecule is Nc1ncnc2c1ncn2C1OCC(OCP(=O)(O)O)C1O.[NaH]. The molecule has 1 fully saturated rings. The molecule has 0 aromatic carbocycles. The monoisotopic (exact) mass is 355 g/mol. The van der Waals surface area contributed by atoms with Crippen LogP contribution in [0.15, 0.2) is 12.7 Å². The molecule has 0 amide bonds. The van der Waals surface area contributed by atoms with Crippen LogP contribution in [-0.2, 0) is 14.0 Å². The Balaban J connectivity index is 0.00000192. The number of anilines is 1. The van der Waals surface area contributed by atoms with E-state index in [1.165, 1.54) is 17.2 Å². The van der Waals surface area contributed by atoms with Crippen LogP contribution < -0.4 is 5.73 Å². The van der Waals surface area contributed by atoms with E-state index in [2.05, 4.69) is 15.0 Å². The molecule has 0 bridgehead atoms. The molecule has 0 saturated carbocycles. The Hall–Kier alpha value is -0.620. The zero-order valence-corrected chi connectivity index (χ0v) is 12.1. The number of rotatable bonds is 4. The van der Waals surface area contributed by atoms with Gasteiger partial charge in [-0.05, 0) is 0 Å². The van der Waals surface area contributed by atoms with Gasteiger partial charge in [-0.2, -0.15) is 0 Å². The van der Waals surface area contributed by atoms with Crippen molar-refractivity contribution >= 4 is 54.1 Å². The minimum absolute atomic E-state index is 0. The maximum absolute atomic E-state index is 10.8. The molecular weight excluding hydrogens is 340 g/mol. The van der Waals surface area contributed by atoms with Crippen LogP contribution in [0, 0.1) is 0 Å². The molecule has 23 heavy (non-hydrogen) atoms. The van der Waals surface area contributed by atoms with E-state index in [0.29, 0.717) is 11.2 Å². The summed E-state index contributed by atoms with van der Waals surface area (Å²) in [5.74, 6) is 0.200. The topological polar surface area (TPSA) is 166 Å². The summed E-state index contributed by atoms with van der Waals surface area (Å²) in [5.41, 5.74) is 6.44. The van der Waals surface area contributed by atoms with Gasteiger partial charge in [-0.25, -0.2) is 15.0 Å². The van der Waals surface area contributed by atoms with Crippen molar-refractivity contribution in [3.63, 3.8) is 0 Å². The van der Waals surface area contributed by atoms with Crippen molar-refractivity contribution in [2.45, 2.75) is 18.4 Å². The molecule has 13 heteroatoms. The molecule has 3 unspecified atom stereocenters. The van der Waals surface area contributed by atoms with E-state index >= 15 is 0 Å². The average molecular weight is 355 g/mol. The van der Waals surface area contributed by atoms with Crippen molar-refractivity contribution < 1.29 is 28.9 Å². The van der Waals surface area contributed by atoms with Crippen molar-refractivity contribution in [2.24, 2.45) is 0 Å². The van der Waals surface area contributed by atoms with Crippen LogP contribution in [0.25, 0.3) is 11.2 Å². The van der Waals surface area contributed by atoms with Crippen LogP contribution in [0.2, 0.25) is 0 Å². The normalized spacial score (nSPS) is 24.7. The average Bonchev–Trinajstić information content (AvgIpc) is 3.00. The molecule has 3 rings (SSSR count). The Labute approximate surface area is 152 Å². The van der Waals surface area contributed by atoms with Crippen LogP contribution in [0.5, 0.6) is 0 Å². The van der Waals surface area contributed by atoms with E-state index in [4.69, 9.17) is 25.0 Å². The summed E-state index contributed by atoms with van der Waals surface area (Å²) in [6.45, 7) is -0.0218. The van der Waals surface area contributed by atoms with Crippen molar-refractivity contribution in [1.29, 1.82) is 0 Å². The molecule has 1 saturated heterocycles. The number of hydrogen-bond donors (Lipinski definition) is 4. The molecule has 0 radical (unpaired) electrons. The fraction of sp³-hybridized carbons (Fsp3) is 0.500. The second-order valence-electron chi connectivity index (χ2n) is 4.80. The van der Waals surface area contributed by atoms with Crippen LogP contribution in [0.3, 0.4) is 0 Å². The van der Waals surface area contributed by atoms with Crippen LogP contribution in [-0.4, -0.2) is 89.1 Å². The predicted molar refractivity (Wildman–Crippen MR) is 79.7 cm³/mol. The summed E-state index contributed by atoms with van der Waals surface area (Å²) in [5, 5.41) is 10.2. The number of nitrogens with two attached hydrogens (primary N) is 1. The zero-order valence-electron chi connectivity index (χ0n) is 11.2. The standard InChI is InChI=1S/C10H14N5O6P.Na.H/c11-8-6-9(13-2-12-8)15(3-14-6)10-7(16)5(1-20-10)21-4-22(17,18)19;;/h2-3,5,7,10,16H,1,4H2,(H2,11,12,13)(H2,17,18,19);;. The summed E-state index contributed by atoms with van der Waals surface area (Å²) in [6.07, 6.45) is -0.978. The molecule has 2 aromatic heterocycles. The van der Waals surface area contributed by atoms with Gasteiger partial charge in [0.05, 0.1) is 12.9 Å². The number of nitrogen functional groups attached to an aromatic ring is 1. The molecule has 11 nitrogen and oxygen atoms in total. The van der Waals surface area contributed by atoms with Gasteiger partial charge in [-0.1, -0.05) is 0 Å². The zero-order chi connectivity index (χ0) is 15.9. The molecule has 0 spiro atoms. The molecule has 3 atom stereocenters. The summed E-state index contributed by atoms with van der Waals surface area (Å²) >= 11 is 0. The third kappa shape index (κ3) is 3.90. The van der Waals surface area contributed by atoms with Gasteiger partial charge in [-0.15, -0.1) is 0 Å². The van der Waals surface area contributed by atoms with E-state index in [0.717, 1.165) is 0 Å². The minimum atomic E-state index is -4.32. The van der Waals surface area contributed by atoms with E-state index in [-0.39, 0.29) is 42.0 Å². The van der Waals surface area contributed by atoms with Crippen LogP contribution in [0.4, 0.5) is 5.82 Å². The quantitative estimate of drug-likeness (QED) is 0.362. The number of aromatic nitrogens is 4. The Morgan fingerprint density at radius 1 is 1.43 bits per heavy atom. The maximum atomic E-state index is 10.8. The first-order chi connectivity index (χ1) is 10.4. The van der Waals surface area contributed by atoms with Crippen molar-refractivity contribution in [3.05, 3.63) is 12.7 Å². The molecule has 2 aromatic rings. The van der Waals surface area contributed by atoms with E-state index in [9.17, 15) is 9.67 Å². The Bertz CT molecular complexity index is 738. The first-order valence-electron chi connectivity index (χ1n) is 6.25. The Morgan fingerprint density at radius 2 is 2.17 bits per heavy atom. The van der Waals surface area contributed by atoms with Crippen LogP contribution >= 0.6 is 7.60 Å². The van der Waals surface area contributed by atoms with Gasteiger partial charge in [0.1, 0.15) is 30.4 Å². The summed E-state index contributed by atoms with van der Waals surface area (Å²) < 4.78 is 22.7. The van der Waals surface area contributed by atoms with Gasteiger partial charge in [-0.3, -0.25) is 9.13 Å². The van der Waals surface area contributed by atoms with Crippen molar-refractivity contribution in [1.82, 2.24) is 19.5 Å². The molecular formula is C10H15N5NaO6P. The van der Waals surface area contributed by atoms with Gasteiger partial charge < -0.3 is 30.1 Å². The Kier molecular flexibility index (Phi) is 5.77. The third-order valence-electron chi connectivity index (χ3n) is 3.22. The second-order valence-corrected chi connectivity index (χ2v) is 6.38. The fourth-order valence-electron chi connectivity index (χ4n) is 2.21. The number of aliphatic hydroxyl groups is 1. The van der Waals surface area contributed by atoms with Gasteiger partial charge in [0.2, 0.25) is 0 Å². The van der Waals surface area contributed by atoms with Crippen molar-refractivity contribution in [2.75, 3.05) is 18.7 Å². The van der Waals surface area contributed by atoms with Crippen LogP contribution in [0.1, 0.15) is 6.23 Å². The molecule has 122 valence electrons. The first kappa shape index (κ1) is 18.7. The third-order valence-corrected chi connectivity index (χ3v) is 3.71. The molecule has 0 aliphatic carbocycles. The van der Waals surface area contributed by atoms with E-state index in [1.54, 1.807) is 0 Å². The number of fused-ring (bicyclic) bond motifs is 1. The number of nitrogens with zero attached hydrogens (tertiary/aromatic N) is 4. The number of aliphatic hydroxyl groups excluding tert-OH is 1. The number of imidazole rings is 1. The van der Waals surface area contributed by atoms with E-state index < -0.39 is 32.4 Å². The summed E-state index contributed by atoms with van der Waals surface area (Å²) in [7, 11) is -4.32. The van der Waals surface area contributed by atoms with Gasteiger partial charge in [0.15, 0.2) is 17.7 Å². The van der Waals surface area contributed by atoms with Gasteiger partial charge >= 0.3 is 37.2 Å². The fourth-order valence-corrected chi connectivity index (χ4v) is 2.60. The van der Waals surface area contributed by atoms with Gasteiger partial charge in [0.25, 0.3) is 0 Å². The van der Waals surface area contributed by atoms with Crippen molar-refractivity contribution in [3.8, 4) is 0 Å². The summed E-state index contributed by atoms with van der Waals surface area (Å²) in [4.78, 5) is 29.5. The Morgan fingerprint density at radius 3 is 2.87 bits per heavy atom. The van der Waals surface area contributed by atoms with Gasteiger partial charge in [0, 0.05) is 0 Å². The molecule has 5 N–H and O–H groups in total. The number of hydrogen-bond acceptors (Lipinski definition) is 8. The number of ether oxygens (including phenoxy) is 2. The predicted octanol–water partition coefficient (Wildman–Crippen LogP) is -1.83. The molecule has 3 heterocycles. The first-order valence-corrected chi connectivity index (χ1v) is 8.05. The van der Waals surface area contributed by atoms with E-state index in [1.807, 2.05) is 0 Å². The molecule has 1 aliphatic rings. The summed E-state index contributed by atoms with van der Waals surface area (Å²) in [6, 6.07) is 0. The second kappa shape index (κ2) is 7.09. The molecule has 1 aliphatic heterocycles.